The lowest BCUT2D eigenvalue weighted by Crippen LogP contribution is -2.48. The molecule has 41 heavy (non-hydrogen) atoms. The molecule has 0 bridgehead atoms. The second-order valence-electron chi connectivity index (χ2n) is 10.9. The Hall–Kier alpha value is -3.72. The number of amides is 1. The second-order valence-corrected chi connectivity index (χ2v) is 10.9. The van der Waals surface area contributed by atoms with E-state index in [4.69, 9.17) is 0 Å². The van der Waals surface area contributed by atoms with Gasteiger partial charge >= 0.3 is 6.18 Å². The lowest BCUT2D eigenvalue weighted by Gasteiger charge is -2.40. The molecule has 2 aliphatic rings. The number of nitrogens with zero attached hydrogens (tertiary/aromatic N) is 5. The fourth-order valence-corrected chi connectivity index (χ4v) is 5.87. The molecule has 1 saturated carbocycles. The summed E-state index contributed by atoms with van der Waals surface area (Å²) >= 11 is 0. The summed E-state index contributed by atoms with van der Waals surface area (Å²) in [5.41, 5.74) is 1.74. The molecule has 1 aromatic carbocycles. The van der Waals surface area contributed by atoms with Gasteiger partial charge in [0.25, 0.3) is 0 Å². The molecule has 2 fully saturated rings. The Morgan fingerprint density at radius 2 is 1.66 bits per heavy atom. The van der Waals surface area contributed by atoms with Crippen molar-refractivity contribution in [1.29, 1.82) is 0 Å². The molecule has 3 aromatic rings. The van der Waals surface area contributed by atoms with Gasteiger partial charge in [-0.25, -0.2) is 4.98 Å². The number of halogens is 3. The predicted molar refractivity (Wildman–Crippen MR) is 154 cm³/mol. The summed E-state index contributed by atoms with van der Waals surface area (Å²) in [6.45, 7) is 2.35. The number of aromatic nitrogens is 2. The minimum atomic E-state index is -4.39. The Morgan fingerprint density at radius 1 is 0.976 bits per heavy atom. The highest BCUT2D eigenvalue weighted by Gasteiger charge is 2.32. The highest BCUT2D eigenvalue weighted by Crippen LogP contribution is 2.30. The SMILES string of the molecule is CN(c1ccncc1)c1ccc(CN(C(=O)C=Cc2ccc(C(F)(F)F)cc2)C2CCN(C3CCCC3)CC2)cn1. The van der Waals surface area contributed by atoms with Crippen LogP contribution in [-0.4, -0.2) is 57.9 Å². The number of benzene rings is 1. The van der Waals surface area contributed by atoms with Gasteiger partial charge in [-0.2, -0.15) is 13.2 Å². The average Bonchev–Trinajstić information content (AvgIpc) is 3.54. The summed E-state index contributed by atoms with van der Waals surface area (Å²) in [7, 11) is 1.94. The summed E-state index contributed by atoms with van der Waals surface area (Å²) in [5.74, 6) is 0.632. The fraction of sp³-hybridized carbons (Fsp3) is 0.406. The van der Waals surface area contributed by atoms with Crippen molar-refractivity contribution in [1.82, 2.24) is 19.8 Å². The zero-order chi connectivity index (χ0) is 28.8. The Labute approximate surface area is 239 Å². The van der Waals surface area contributed by atoms with Crippen LogP contribution in [0.15, 0.2) is 73.2 Å². The number of hydrogen-bond acceptors (Lipinski definition) is 5. The molecule has 1 amide bonds. The number of likely N-dealkylation sites (tertiary alicyclic amines) is 1. The number of piperidine rings is 1. The maximum absolute atomic E-state index is 13.6. The zero-order valence-electron chi connectivity index (χ0n) is 23.3. The van der Waals surface area contributed by atoms with Gasteiger partial charge in [-0.15, -0.1) is 0 Å². The highest BCUT2D eigenvalue weighted by atomic mass is 19.4. The predicted octanol–water partition coefficient (Wildman–Crippen LogP) is 6.71. The maximum atomic E-state index is 13.6. The van der Waals surface area contributed by atoms with Crippen LogP contribution >= 0.6 is 0 Å². The zero-order valence-corrected chi connectivity index (χ0v) is 23.3. The average molecular weight is 564 g/mol. The van der Waals surface area contributed by atoms with E-state index in [1.807, 2.05) is 41.1 Å². The molecule has 3 heterocycles. The second kappa shape index (κ2) is 12.9. The third kappa shape index (κ3) is 7.33. The minimum absolute atomic E-state index is 0.0802. The minimum Gasteiger partial charge on any atom is -0.332 e. The largest absolute Gasteiger partial charge is 0.416 e. The normalized spacial score (nSPS) is 17.3. The van der Waals surface area contributed by atoms with E-state index in [1.165, 1.54) is 43.9 Å². The van der Waals surface area contributed by atoms with Gasteiger partial charge in [-0.1, -0.05) is 31.0 Å². The van der Waals surface area contributed by atoms with Crippen molar-refractivity contribution in [3.8, 4) is 0 Å². The van der Waals surface area contributed by atoms with Gasteiger partial charge in [0.2, 0.25) is 5.91 Å². The van der Waals surface area contributed by atoms with Crippen molar-refractivity contribution >= 4 is 23.5 Å². The standard InChI is InChI=1S/C32H36F3N5O/c1-38(27-14-18-36-19-15-27)30-12-8-25(22-37-30)23-40(29-16-20-39(21-17-29)28-4-2-3-5-28)31(41)13-9-24-6-10-26(11-7-24)32(33,34)35/h6-15,18-19,22,28-29H,2-5,16-17,20-21,23H2,1H3. The van der Waals surface area contributed by atoms with Crippen LogP contribution in [0.2, 0.25) is 0 Å². The van der Waals surface area contributed by atoms with Gasteiger partial charge in [0.1, 0.15) is 5.82 Å². The molecule has 0 spiro atoms. The molecular formula is C32H36F3N5O. The number of carbonyl (C=O) groups is 1. The van der Waals surface area contributed by atoms with E-state index in [1.54, 1.807) is 24.7 Å². The van der Waals surface area contributed by atoms with Crippen molar-refractivity contribution in [3.05, 3.63) is 89.9 Å². The quantitative estimate of drug-likeness (QED) is 0.285. The van der Waals surface area contributed by atoms with E-state index >= 15 is 0 Å². The molecule has 1 aliphatic heterocycles. The van der Waals surface area contributed by atoms with Crippen LogP contribution < -0.4 is 4.90 Å². The van der Waals surface area contributed by atoms with Crippen molar-refractivity contribution in [2.24, 2.45) is 0 Å². The first-order chi connectivity index (χ1) is 19.8. The lowest BCUT2D eigenvalue weighted by molar-refractivity contribution is -0.137. The lowest BCUT2D eigenvalue weighted by atomic mass is 10.00. The van der Waals surface area contributed by atoms with Crippen molar-refractivity contribution in [3.63, 3.8) is 0 Å². The van der Waals surface area contributed by atoms with Crippen LogP contribution in [0, 0.1) is 0 Å². The fourth-order valence-electron chi connectivity index (χ4n) is 5.87. The molecule has 0 radical (unpaired) electrons. The van der Waals surface area contributed by atoms with Crippen LogP contribution in [0.25, 0.3) is 6.08 Å². The molecule has 5 rings (SSSR count). The van der Waals surface area contributed by atoms with Crippen LogP contribution in [0.1, 0.15) is 55.2 Å². The van der Waals surface area contributed by atoms with E-state index in [-0.39, 0.29) is 11.9 Å². The Morgan fingerprint density at radius 3 is 2.27 bits per heavy atom. The molecule has 2 aromatic heterocycles. The van der Waals surface area contributed by atoms with E-state index in [9.17, 15) is 18.0 Å². The van der Waals surface area contributed by atoms with Gasteiger partial charge in [-0.3, -0.25) is 9.78 Å². The maximum Gasteiger partial charge on any atom is 0.416 e. The number of rotatable bonds is 8. The van der Waals surface area contributed by atoms with E-state index in [0.29, 0.717) is 18.2 Å². The van der Waals surface area contributed by atoms with E-state index in [2.05, 4.69) is 14.9 Å². The Balaban J connectivity index is 1.30. The Bertz CT molecular complexity index is 1300. The van der Waals surface area contributed by atoms with E-state index in [0.717, 1.165) is 55.1 Å². The molecule has 0 N–H and O–H groups in total. The molecule has 0 atom stereocenters. The van der Waals surface area contributed by atoms with Crippen molar-refractivity contribution < 1.29 is 18.0 Å². The van der Waals surface area contributed by atoms with Crippen molar-refractivity contribution in [2.75, 3.05) is 25.0 Å². The summed E-state index contributed by atoms with van der Waals surface area (Å²) in [6.07, 6.45) is 10.9. The van der Waals surface area contributed by atoms with Crippen LogP contribution in [-0.2, 0) is 17.5 Å². The first-order valence-corrected chi connectivity index (χ1v) is 14.3. The van der Waals surface area contributed by atoms with Gasteiger partial charge in [0, 0.05) is 69.1 Å². The van der Waals surface area contributed by atoms with Gasteiger partial charge in [-0.05, 0) is 73.2 Å². The first kappa shape index (κ1) is 28.8. The van der Waals surface area contributed by atoms with Crippen LogP contribution in [0.3, 0.4) is 0 Å². The van der Waals surface area contributed by atoms with E-state index < -0.39 is 11.7 Å². The van der Waals surface area contributed by atoms with Crippen LogP contribution in [0.4, 0.5) is 24.7 Å². The molecule has 9 heteroatoms. The number of pyridine rings is 2. The summed E-state index contributed by atoms with van der Waals surface area (Å²) in [5, 5.41) is 0. The monoisotopic (exact) mass is 563 g/mol. The van der Waals surface area contributed by atoms with Gasteiger partial charge in [0.05, 0.1) is 5.56 Å². The molecule has 0 unspecified atom stereocenters. The van der Waals surface area contributed by atoms with Crippen LogP contribution in [0.5, 0.6) is 0 Å². The first-order valence-electron chi connectivity index (χ1n) is 14.3. The Kier molecular flexibility index (Phi) is 9.03. The topological polar surface area (TPSA) is 52.6 Å². The number of hydrogen-bond donors (Lipinski definition) is 0. The number of carbonyl (C=O) groups excluding carboxylic acids is 1. The van der Waals surface area contributed by atoms with Gasteiger partial charge in [0.15, 0.2) is 0 Å². The molecule has 216 valence electrons. The number of anilines is 2. The summed E-state index contributed by atoms with van der Waals surface area (Å²) in [4.78, 5) is 28.7. The smallest absolute Gasteiger partial charge is 0.332 e. The molecule has 1 aliphatic carbocycles. The van der Waals surface area contributed by atoms with Gasteiger partial charge < -0.3 is 14.7 Å². The third-order valence-corrected chi connectivity index (χ3v) is 8.28. The molecule has 6 nitrogen and oxygen atoms in total. The molecular weight excluding hydrogens is 527 g/mol. The summed E-state index contributed by atoms with van der Waals surface area (Å²) < 4.78 is 38.8. The third-order valence-electron chi connectivity index (χ3n) is 8.28. The summed E-state index contributed by atoms with van der Waals surface area (Å²) in [6, 6.07) is 13.4. The van der Waals surface area contributed by atoms with Crippen molar-refractivity contribution in [2.45, 2.75) is 63.3 Å². The molecule has 1 saturated heterocycles. The number of alkyl halides is 3. The highest BCUT2D eigenvalue weighted by molar-refractivity contribution is 5.92.